The van der Waals surface area contributed by atoms with Crippen molar-refractivity contribution in [1.29, 1.82) is 0 Å². The Morgan fingerprint density at radius 3 is 2.85 bits per heavy atom. The molecule has 7 nitrogen and oxygen atoms in total. The molecule has 102 valence electrons. The number of nitrogens with zero attached hydrogens (tertiary/aromatic N) is 2. The Bertz CT molecular complexity index is 658. The van der Waals surface area contributed by atoms with Crippen molar-refractivity contribution in [3.8, 4) is 0 Å². The lowest BCUT2D eigenvalue weighted by atomic mass is 10.2. The Kier molecular flexibility index (Phi) is 3.90. The summed E-state index contributed by atoms with van der Waals surface area (Å²) in [5, 5.41) is 13.6. The van der Waals surface area contributed by atoms with Crippen LogP contribution in [-0.4, -0.2) is 23.0 Å². The normalized spacial score (nSPS) is 9.85. The summed E-state index contributed by atoms with van der Waals surface area (Å²) in [6.45, 7) is 0. The molecule has 0 saturated carbocycles. The largest absolute Gasteiger partial charge is 0.465 e. The van der Waals surface area contributed by atoms with Gasteiger partial charge >= 0.3 is 5.97 Å². The summed E-state index contributed by atoms with van der Waals surface area (Å²) in [7, 11) is 1.30. The van der Waals surface area contributed by atoms with Crippen LogP contribution in [0.4, 0.5) is 17.2 Å². The molecule has 0 aliphatic heterocycles. The monoisotopic (exact) mass is 273 g/mol. The Hall–Kier alpha value is -2.96. The van der Waals surface area contributed by atoms with Crippen molar-refractivity contribution in [3.63, 3.8) is 0 Å². The van der Waals surface area contributed by atoms with Gasteiger partial charge in [-0.05, 0) is 18.2 Å². The summed E-state index contributed by atoms with van der Waals surface area (Å²) in [6.07, 6.45) is 1.34. The minimum Gasteiger partial charge on any atom is -0.465 e. The fourth-order valence-electron chi connectivity index (χ4n) is 1.59. The van der Waals surface area contributed by atoms with Crippen LogP contribution >= 0.6 is 0 Å². The van der Waals surface area contributed by atoms with E-state index in [1.807, 2.05) is 0 Å². The number of hydrogen-bond acceptors (Lipinski definition) is 6. The maximum Gasteiger partial charge on any atom is 0.337 e. The molecule has 20 heavy (non-hydrogen) atoms. The Balaban J connectivity index is 2.24. The quantitative estimate of drug-likeness (QED) is 0.522. The lowest BCUT2D eigenvalue weighted by Crippen LogP contribution is -2.02. The van der Waals surface area contributed by atoms with Crippen LogP contribution < -0.4 is 5.32 Å². The third kappa shape index (κ3) is 3.08. The summed E-state index contributed by atoms with van der Waals surface area (Å²) in [4.78, 5) is 25.6. The van der Waals surface area contributed by atoms with Gasteiger partial charge in [-0.25, -0.2) is 9.78 Å². The third-order valence-corrected chi connectivity index (χ3v) is 2.51. The summed E-state index contributed by atoms with van der Waals surface area (Å²) in [6, 6.07) is 9.18. The molecule has 0 atom stereocenters. The number of anilines is 2. The van der Waals surface area contributed by atoms with Crippen LogP contribution in [0.1, 0.15) is 10.4 Å². The number of hydrogen-bond donors (Lipinski definition) is 1. The topological polar surface area (TPSA) is 94.4 Å². The van der Waals surface area contributed by atoms with Gasteiger partial charge in [-0.1, -0.05) is 6.07 Å². The lowest BCUT2D eigenvalue weighted by Gasteiger charge is -2.06. The number of carbonyl (C=O) groups excluding carboxylic acids is 1. The smallest absolute Gasteiger partial charge is 0.337 e. The van der Waals surface area contributed by atoms with Crippen molar-refractivity contribution in [1.82, 2.24) is 4.98 Å². The van der Waals surface area contributed by atoms with Crippen LogP contribution in [0, 0.1) is 10.1 Å². The van der Waals surface area contributed by atoms with E-state index in [9.17, 15) is 14.9 Å². The minimum absolute atomic E-state index is 0.0633. The maximum atomic E-state index is 11.4. The highest BCUT2D eigenvalue weighted by atomic mass is 16.6. The third-order valence-electron chi connectivity index (χ3n) is 2.51. The van der Waals surface area contributed by atoms with E-state index in [-0.39, 0.29) is 5.69 Å². The van der Waals surface area contributed by atoms with Crippen molar-refractivity contribution in [3.05, 3.63) is 58.3 Å². The van der Waals surface area contributed by atoms with Crippen molar-refractivity contribution < 1.29 is 14.5 Å². The number of methoxy groups -OCH3 is 1. The second-order valence-electron chi connectivity index (χ2n) is 3.85. The molecule has 0 fully saturated rings. The molecule has 2 aromatic rings. The Morgan fingerprint density at radius 1 is 1.35 bits per heavy atom. The molecule has 7 heteroatoms. The molecule has 1 aromatic carbocycles. The molecular formula is C13H11N3O4. The number of rotatable bonds is 4. The number of carbonyl (C=O) groups is 1. The minimum atomic E-state index is -0.502. The second kappa shape index (κ2) is 5.79. The highest BCUT2D eigenvalue weighted by molar-refractivity contribution is 5.90. The molecule has 0 unspecified atom stereocenters. The van der Waals surface area contributed by atoms with E-state index in [1.165, 1.54) is 25.4 Å². The van der Waals surface area contributed by atoms with Gasteiger partial charge in [-0.15, -0.1) is 0 Å². The van der Waals surface area contributed by atoms with Crippen molar-refractivity contribution in [2.24, 2.45) is 0 Å². The number of nitrogens with one attached hydrogen (secondary N) is 1. The molecule has 0 saturated heterocycles. The first-order chi connectivity index (χ1) is 9.60. The number of ether oxygens (including phenoxy) is 1. The van der Waals surface area contributed by atoms with Crippen molar-refractivity contribution >= 4 is 23.2 Å². The molecule has 0 amide bonds. The van der Waals surface area contributed by atoms with Gasteiger partial charge in [0.1, 0.15) is 5.82 Å². The first kappa shape index (κ1) is 13.5. The van der Waals surface area contributed by atoms with E-state index in [1.54, 1.807) is 24.3 Å². The van der Waals surface area contributed by atoms with Gasteiger partial charge in [0.2, 0.25) is 0 Å². The first-order valence-corrected chi connectivity index (χ1v) is 5.66. The summed E-state index contributed by atoms with van der Waals surface area (Å²) in [5.74, 6) is -0.137. The molecule has 1 N–H and O–H groups in total. The number of benzene rings is 1. The maximum absolute atomic E-state index is 11.4. The van der Waals surface area contributed by atoms with Gasteiger partial charge in [0, 0.05) is 18.0 Å². The van der Waals surface area contributed by atoms with E-state index < -0.39 is 10.9 Å². The van der Waals surface area contributed by atoms with Crippen molar-refractivity contribution in [2.45, 2.75) is 0 Å². The zero-order chi connectivity index (χ0) is 14.5. The SMILES string of the molecule is COC(=O)c1cccc(Nc2cc([N+](=O)[O-])ccn2)c1. The van der Waals surface area contributed by atoms with Gasteiger partial charge in [0.15, 0.2) is 0 Å². The highest BCUT2D eigenvalue weighted by Crippen LogP contribution is 2.20. The average molecular weight is 273 g/mol. The zero-order valence-electron chi connectivity index (χ0n) is 10.6. The van der Waals surface area contributed by atoms with E-state index in [0.717, 1.165) is 0 Å². The first-order valence-electron chi connectivity index (χ1n) is 5.66. The van der Waals surface area contributed by atoms with Crippen molar-refractivity contribution in [2.75, 3.05) is 12.4 Å². The lowest BCUT2D eigenvalue weighted by molar-refractivity contribution is -0.384. The van der Waals surface area contributed by atoms with Gasteiger partial charge in [-0.3, -0.25) is 10.1 Å². The molecule has 1 heterocycles. The van der Waals surface area contributed by atoms with Gasteiger partial charge in [0.05, 0.1) is 23.7 Å². The number of aromatic nitrogens is 1. The van der Waals surface area contributed by atoms with Crippen LogP contribution in [0.5, 0.6) is 0 Å². The summed E-state index contributed by atoms with van der Waals surface area (Å²) in [5.41, 5.74) is 0.899. The number of esters is 1. The fourth-order valence-corrected chi connectivity index (χ4v) is 1.59. The summed E-state index contributed by atoms with van der Waals surface area (Å²) >= 11 is 0. The summed E-state index contributed by atoms with van der Waals surface area (Å²) < 4.78 is 4.62. The molecule has 1 aromatic heterocycles. The molecular weight excluding hydrogens is 262 g/mol. The van der Waals surface area contributed by atoms with E-state index in [0.29, 0.717) is 17.1 Å². The standard InChI is InChI=1S/C13H11N3O4/c1-20-13(17)9-3-2-4-10(7-9)15-12-8-11(16(18)19)5-6-14-12/h2-8H,1H3,(H,14,15). The van der Waals surface area contributed by atoms with Crippen LogP contribution in [0.15, 0.2) is 42.6 Å². The fraction of sp³-hybridized carbons (Fsp3) is 0.0769. The van der Waals surface area contributed by atoms with Gasteiger partial charge in [-0.2, -0.15) is 0 Å². The second-order valence-corrected chi connectivity index (χ2v) is 3.85. The average Bonchev–Trinajstić information content (AvgIpc) is 2.47. The molecule has 2 rings (SSSR count). The predicted molar refractivity (Wildman–Crippen MR) is 72.0 cm³/mol. The van der Waals surface area contributed by atoms with Gasteiger partial charge < -0.3 is 10.1 Å². The molecule has 0 aliphatic rings. The zero-order valence-corrected chi connectivity index (χ0v) is 10.6. The van der Waals surface area contributed by atoms with E-state index in [4.69, 9.17) is 0 Å². The van der Waals surface area contributed by atoms with Crippen LogP contribution in [0.3, 0.4) is 0 Å². The van der Waals surface area contributed by atoms with Crippen LogP contribution in [0.2, 0.25) is 0 Å². The van der Waals surface area contributed by atoms with Crippen LogP contribution in [0.25, 0.3) is 0 Å². The Morgan fingerprint density at radius 2 is 2.15 bits per heavy atom. The highest BCUT2D eigenvalue weighted by Gasteiger charge is 2.08. The molecule has 0 bridgehead atoms. The van der Waals surface area contributed by atoms with Gasteiger partial charge in [0.25, 0.3) is 5.69 Å². The number of nitro groups is 1. The number of pyridine rings is 1. The van der Waals surface area contributed by atoms with E-state index in [2.05, 4.69) is 15.0 Å². The molecule has 0 spiro atoms. The Labute approximate surface area is 114 Å². The molecule has 0 aliphatic carbocycles. The molecule has 0 radical (unpaired) electrons. The predicted octanol–water partition coefficient (Wildman–Crippen LogP) is 2.52. The van der Waals surface area contributed by atoms with Crippen LogP contribution in [-0.2, 0) is 4.74 Å². The van der Waals surface area contributed by atoms with E-state index >= 15 is 0 Å².